The van der Waals surface area contributed by atoms with Gasteiger partial charge in [0.1, 0.15) is 6.10 Å². The van der Waals surface area contributed by atoms with Crippen LogP contribution in [-0.4, -0.2) is 46.9 Å². The summed E-state index contributed by atoms with van der Waals surface area (Å²) in [5, 5.41) is 23.6. The summed E-state index contributed by atoms with van der Waals surface area (Å²) >= 11 is 0. The van der Waals surface area contributed by atoms with Crippen molar-refractivity contribution in [3.05, 3.63) is 24.3 Å². The Morgan fingerprint density at radius 3 is 1.56 bits per heavy atom. The van der Waals surface area contributed by atoms with Crippen molar-refractivity contribution < 1.29 is 24.5 Å². The van der Waals surface area contributed by atoms with Crippen molar-refractivity contribution in [2.75, 3.05) is 6.61 Å². The lowest BCUT2D eigenvalue weighted by atomic mass is 10.0. The van der Waals surface area contributed by atoms with Gasteiger partial charge in [0.15, 0.2) is 0 Å². The number of hydrogen-bond donors (Lipinski definition) is 3. The third kappa shape index (κ3) is 35.4. The topological polar surface area (TPSA) is 95.9 Å². The van der Waals surface area contributed by atoms with E-state index in [0.717, 1.165) is 70.6 Å². The van der Waals surface area contributed by atoms with Gasteiger partial charge < -0.3 is 20.3 Å². The first-order valence-electron chi connectivity index (χ1n) is 22.6. The van der Waals surface area contributed by atoms with Gasteiger partial charge >= 0.3 is 5.97 Å². The van der Waals surface area contributed by atoms with Crippen LogP contribution in [0.15, 0.2) is 24.3 Å². The number of ether oxygens (including phenoxy) is 1. The molecular weight excluding hydrogens is 647 g/mol. The average Bonchev–Trinajstić information content (AvgIpc) is 3.13. The third-order valence-corrected chi connectivity index (χ3v) is 10.3. The highest BCUT2D eigenvalue weighted by Gasteiger charge is 2.24. The van der Waals surface area contributed by atoms with E-state index in [1.54, 1.807) is 0 Å². The van der Waals surface area contributed by atoms with E-state index < -0.39 is 18.2 Å². The number of carbonyl (C=O) groups excluding carboxylic acids is 2. The second kappa shape index (κ2) is 40.5. The zero-order chi connectivity index (χ0) is 38.2. The molecule has 0 heterocycles. The van der Waals surface area contributed by atoms with E-state index in [9.17, 15) is 19.8 Å². The lowest BCUT2D eigenvalue weighted by Crippen LogP contribution is -2.46. The standard InChI is InChI=1S/C46H87NO5/c1-4-7-10-13-16-18-20-22-23-25-27-30-33-36-39-46(51)52-42(37-34-31-28-15-12-9-6-3)40-45(50)47-43(41-48)44(49)38-35-32-29-26-24-21-19-17-14-11-8-5-2/h7,10,16,18,42-44,48-49H,4-6,8-9,11-15,17,19-41H2,1-3H3,(H,47,50)/b10-7+,18-16+. The van der Waals surface area contributed by atoms with Crippen LogP contribution in [0.1, 0.15) is 233 Å². The number of rotatable bonds is 40. The Hall–Kier alpha value is -1.66. The number of aliphatic hydroxyl groups is 2. The fraction of sp³-hybridized carbons (Fsp3) is 0.870. The van der Waals surface area contributed by atoms with Gasteiger partial charge in [-0.2, -0.15) is 0 Å². The maximum absolute atomic E-state index is 13.1. The summed E-state index contributed by atoms with van der Waals surface area (Å²) in [6.45, 7) is 6.33. The molecule has 0 aromatic heterocycles. The fourth-order valence-corrected chi connectivity index (χ4v) is 6.88. The highest BCUT2D eigenvalue weighted by atomic mass is 16.5. The molecule has 3 N–H and O–H groups in total. The van der Waals surface area contributed by atoms with Gasteiger partial charge in [0.25, 0.3) is 0 Å². The summed E-state index contributed by atoms with van der Waals surface area (Å²) in [7, 11) is 0. The maximum Gasteiger partial charge on any atom is 0.306 e. The molecule has 0 bridgehead atoms. The number of carbonyl (C=O) groups is 2. The first-order valence-corrected chi connectivity index (χ1v) is 22.6. The van der Waals surface area contributed by atoms with Crippen LogP contribution in [0.2, 0.25) is 0 Å². The van der Waals surface area contributed by atoms with E-state index in [2.05, 4.69) is 50.4 Å². The van der Waals surface area contributed by atoms with E-state index in [-0.39, 0.29) is 24.9 Å². The summed E-state index contributed by atoms with van der Waals surface area (Å²) < 4.78 is 5.87. The highest BCUT2D eigenvalue weighted by molar-refractivity contribution is 5.77. The van der Waals surface area contributed by atoms with Crippen LogP contribution in [0, 0.1) is 0 Å². The number of nitrogens with one attached hydrogen (secondary N) is 1. The van der Waals surface area contributed by atoms with E-state index in [1.165, 1.54) is 116 Å². The minimum Gasteiger partial charge on any atom is -0.462 e. The quantitative estimate of drug-likeness (QED) is 0.0331. The number of aliphatic hydroxyl groups excluding tert-OH is 2. The number of allylic oxidation sites excluding steroid dienone is 4. The normalized spacial score (nSPS) is 13.6. The molecular formula is C46H87NO5. The first kappa shape index (κ1) is 50.3. The van der Waals surface area contributed by atoms with Gasteiger partial charge in [-0.3, -0.25) is 9.59 Å². The molecule has 6 heteroatoms. The molecule has 3 unspecified atom stereocenters. The molecule has 0 aliphatic carbocycles. The van der Waals surface area contributed by atoms with Gasteiger partial charge in [-0.1, -0.05) is 193 Å². The van der Waals surface area contributed by atoms with Gasteiger partial charge in [-0.05, 0) is 51.4 Å². The molecule has 0 aliphatic rings. The van der Waals surface area contributed by atoms with E-state index in [0.29, 0.717) is 19.3 Å². The fourth-order valence-electron chi connectivity index (χ4n) is 6.88. The van der Waals surface area contributed by atoms with Gasteiger partial charge in [0.05, 0.1) is 25.2 Å². The maximum atomic E-state index is 13.1. The molecule has 0 aromatic rings. The molecule has 1 amide bonds. The van der Waals surface area contributed by atoms with Crippen molar-refractivity contribution in [2.24, 2.45) is 0 Å². The molecule has 0 rings (SSSR count). The molecule has 0 aliphatic heterocycles. The van der Waals surface area contributed by atoms with Crippen molar-refractivity contribution >= 4 is 11.9 Å². The molecule has 0 saturated carbocycles. The Balaban J connectivity index is 4.43. The Labute approximate surface area is 322 Å². The number of unbranched alkanes of at least 4 members (excludes halogenated alkanes) is 24. The van der Waals surface area contributed by atoms with Crippen LogP contribution >= 0.6 is 0 Å². The van der Waals surface area contributed by atoms with Gasteiger partial charge in [0.2, 0.25) is 5.91 Å². The SMILES string of the molecule is CC/C=C/C/C=C/CCCCCCCCCC(=O)OC(CCCCCCCCC)CC(=O)NC(CO)C(O)CCCCCCCCCCCCCC. The molecule has 0 aromatic carbocycles. The minimum atomic E-state index is -0.781. The predicted octanol–water partition coefficient (Wildman–Crippen LogP) is 12.8. The predicted molar refractivity (Wildman–Crippen MR) is 223 cm³/mol. The summed E-state index contributed by atoms with van der Waals surface area (Å²) in [4.78, 5) is 25.9. The molecule has 52 heavy (non-hydrogen) atoms. The monoisotopic (exact) mass is 734 g/mol. The van der Waals surface area contributed by atoms with E-state index in [1.807, 2.05) is 0 Å². The molecule has 0 saturated heterocycles. The van der Waals surface area contributed by atoms with Gasteiger partial charge in [-0.25, -0.2) is 0 Å². The lowest BCUT2D eigenvalue weighted by Gasteiger charge is -2.24. The van der Waals surface area contributed by atoms with Crippen molar-refractivity contribution in [3.63, 3.8) is 0 Å². The second-order valence-corrected chi connectivity index (χ2v) is 15.4. The summed E-state index contributed by atoms with van der Waals surface area (Å²) in [5.74, 6) is -0.482. The van der Waals surface area contributed by atoms with Crippen LogP contribution < -0.4 is 5.32 Å². The number of hydrogen-bond acceptors (Lipinski definition) is 5. The largest absolute Gasteiger partial charge is 0.462 e. The van der Waals surface area contributed by atoms with Crippen molar-refractivity contribution in [3.8, 4) is 0 Å². The minimum absolute atomic E-state index is 0.0774. The first-order chi connectivity index (χ1) is 25.5. The lowest BCUT2D eigenvalue weighted by molar-refractivity contribution is -0.151. The summed E-state index contributed by atoms with van der Waals surface area (Å²) in [6.07, 6.45) is 43.9. The molecule has 306 valence electrons. The van der Waals surface area contributed by atoms with Gasteiger partial charge in [-0.15, -0.1) is 0 Å². The Morgan fingerprint density at radius 1 is 0.577 bits per heavy atom. The smallest absolute Gasteiger partial charge is 0.306 e. The molecule has 0 radical (unpaired) electrons. The Kier molecular flexibility index (Phi) is 39.2. The van der Waals surface area contributed by atoms with Crippen molar-refractivity contribution in [1.29, 1.82) is 0 Å². The summed E-state index contributed by atoms with van der Waals surface area (Å²) in [5.41, 5.74) is 0. The third-order valence-electron chi connectivity index (χ3n) is 10.3. The summed E-state index contributed by atoms with van der Waals surface area (Å²) in [6, 6.07) is -0.695. The van der Waals surface area contributed by atoms with Crippen LogP contribution in [0.25, 0.3) is 0 Å². The van der Waals surface area contributed by atoms with Crippen LogP contribution in [0.4, 0.5) is 0 Å². The molecule has 3 atom stereocenters. The molecule has 0 spiro atoms. The Bertz CT molecular complexity index is 828. The van der Waals surface area contributed by atoms with E-state index in [4.69, 9.17) is 4.74 Å². The number of amides is 1. The molecule has 6 nitrogen and oxygen atoms in total. The zero-order valence-electron chi connectivity index (χ0n) is 34.7. The number of esters is 1. The Morgan fingerprint density at radius 2 is 1.04 bits per heavy atom. The van der Waals surface area contributed by atoms with Gasteiger partial charge in [0, 0.05) is 6.42 Å². The molecule has 0 fully saturated rings. The van der Waals surface area contributed by atoms with Crippen LogP contribution in [0.3, 0.4) is 0 Å². The van der Waals surface area contributed by atoms with E-state index >= 15 is 0 Å². The van der Waals surface area contributed by atoms with Crippen molar-refractivity contribution in [2.45, 2.75) is 251 Å². The highest BCUT2D eigenvalue weighted by Crippen LogP contribution is 2.17. The average molecular weight is 734 g/mol. The van der Waals surface area contributed by atoms with Crippen molar-refractivity contribution in [1.82, 2.24) is 5.32 Å². The van der Waals surface area contributed by atoms with Crippen LogP contribution in [0.5, 0.6) is 0 Å². The second-order valence-electron chi connectivity index (χ2n) is 15.4. The van der Waals surface area contributed by atoms with Crippen LogP contribution in [-0.2, 0) is 14.3 Å². The zero-order valence-corrected chi connectivity index (χ0v) is 34.7.